The second-order valence-corrected chi connectivity index (χ2v) is 4.17. The molecule has 0 spiro atoms. The van der Waals surface area contributed by atoms with Gasteiger partial charge in [-0.05, 0) is 36.0 Å². The molecule has 0 radical (unpaired) electrons. The molecule has 2 rings (SSSR count). The molecule has 1 atom stereocenters. The molecule has 0 saturated heterocycles. The summed E-state index contributed by atoms with van der Waals surface area (Å²) < 4.78 is 38.4. The van der Waals surface area contributed by atoms with E-state index in [4.69, 9.17) is 5.73 Å². The monoisotopic (exact) mass is 229 g/mol. The zero-order valence-corrected chi connectivity index (χ0v) is 8.85. The van der Waals surface area contributed by atoms with E-state index in [0.29, 0.717) is 5.56 Å². The van der Waals surface area contributed by atoms with Gasteiger partial charge in [0.15, 0.2) is 0 Å². The summed E-state index contributed by atoms with van der Waals surface area (Å²) in [7, 11) is 0. The molecule has 0 aliphatic heterocycles. The predicted molar refractivity (Wildman–Crippen MR) is 56.3 cm³/mol. The van der Waals surface area contributed by atoms with E-state index in [2.05, 4.69) is 0 Å². The molecule has 0 fully saturated rings. The third-order valence-corrected chi connectivity index (χ3v) is 3.19. The molecule has 1 aliphatic carbocycles. The number of benzene rings is 1. The molecule has 0 saturated carbocycles. The molecule has 1 unspecified atom stereocenters. The first-order valence-corrected chi connectivity index (χ1v) is 5.41. The lowest BCUT2D eigenvalue weighted by Crippen LogP contribution is -2.28. The number of hydrogen-bond donors (Lipinski definition) is 1. The molecule has 1 aromatic carbocycles. The van der Waals surface area contributed by atoms with Crippen molar-refractivity contribution in [1.29, 1.82) is 0 Å². The molecule has 1 nitrogen and oxygen atoms in total. The average Bonchev–Trinajstić information content (AvgIpc) is 2.65. The van der Waals surface area contributed by atoms with E-state index in [1.807, 2.05) is 6.07 Å². The van der Waals surface area contributed by atoms with Crippen LogP contribution in [-0.2, 0) is 12.8 Å². The SMILES string of the molecule is NCC(c1cccc2c1CCC2)C(F)(F)F. The van der Waals surface area contributed by atoms with E-state index < -0.39 is 12.1 Å². The molecular weight excluding hydrogens is 215 g/mol. The van der Waals surface area contributed by atoms with Crippen molar-refractivity contribution >= 4 is 0 Å². The fraction of sp³-hybridized carbons (Fsp3) is 0.500. The van der Waals surface area contributed by atoms with Gasteiger partial charge in [0.05, 0.1) is 5.92 Å². The Labute approximate surface area is 92.5 Å². The highest BCUT2D eigenvalue weighted by atomic mass is 19.4. The van der Waals surface area contributed by atoms with E-state index in [9.17, 15) is 13.2 Å². The Hall–Kier alpha value is -1.03. The van der Waals surface area contributed by atoms with Crippen LogP contribution in [0.3, 0.4) is 0 Å². The number of alkyl halides is 3. The predicted octanol–water partition coefficient (Wildman–Crippen LogP) is 2.78. The van der Waals surface area contributed by atoms with Gasteiger partial charge < -0.3 is 5.73 Å². The number of hydrogen-bond acceptors (Lipinski definition) is 1. The number of aryl methyl sites for hydroxylation is 1. The van der Waals surface area contributed by atoms with Gasteiger partial charge in [-0.3, -0.25) is 0 Å². The normalized spacial score (nSPS) is 17.2. The van der Waals surface area contributed by atoms with E-state index in [-0.39, 0.29) is 6.54 Å². The molecule has 4 heteroatoms. The molecule has 2 N–H and O–H groups in total. The van der Waals surface area contributed by atoms with Crippen LogP contribution in [0.4, 0.5) is 13.2 Å². The fourth-order valence-corrected chi connectivity index (χ4v) is 2.41. The smallest absolute Gasteiger partial charge is 0.330 e. The van der Waals surface area contributed by atoms with Gasteiger partial charge in [-0.15, -0.1) is 0 Å². The Morgan fingerprint density at radius 1 is 1.25 bits per heavy atom. The van der Waals surface area contributed by atoms with Crippen molar-refractivity contribution in [2.24, 2.45) is 5.73 Å². The van der Waals surface area contributed by atoms with Gasteiger partial charge in [-0.1, -0.05) is 18.2 Å². The zero-order valence-electron chi connectivity index (χ0n) is 8.85. The maximum absolute atomic E-state index is 12.8. The Balaban J connectivity index is 2.43. The lowest BCUT2D eigenvalue weighted by Gasteiger charge is -2.21. The van der Waals surface area contributed by atoms with Gasteiger partial charge >= 0.3 is 6.18 Å². The number of nitrogens with two attached hydrogens (primary N) is 1. The molecule has 16 heavy (non-hydrogen) atoms. The van der Waals surface area contributed by atoms with Crippen LogP contribution in [0.25, 0.3) is 0 Å². The van der Waals surface area contributed by atoms with Crippen LogP contribution in [0.2, 0.25) is 0 Å². The summed E-state index contributed by atoms with van der Waals surface area (Å²) in [5.74, 6) is -1.51. The lowest BCUT2D eigenvalue weighted by molar-refractivity contribution is -0.148. The van der Waals surface area contributed by atoms with Crippen LogP contribution < -0.4 is 5.73 Å². The quantitative estimate of drug-likeness (QED) is 0.829. The van der Waals surface area contributed by atoms with Crippen molar-refractivity contribution in [2.75, 3.05) is 6.54 Å². The van der Waals surface area contributed by atoms with Crippen LogP contribution in [0.5, 0.6) is 0 Å². The highest BCUT2D eigenvalue weighted by Gasteiger charge is 2.41. The first-order valence-electron chi connectivity index (χ1n) is 5.41. The van der Waals surface area contributed by atoms with Gasteiger partial charge in [0.1, 0.15) is 0 Å². The van der Waals surface area contributed by atoms with Crippen LogP contribution in [-0.4, -0.2) is 12.7 Å². The summed E-state index contributed by atoms with van der Waals surface area (Å²) in [6.45, 7) is -0.375. The average molecular weight is 229 g/mol. The summed E-state index contributed by atoms with van der Waals surface area (Å²) in [4.78, 5) is 0. The Morgan fingerprint density at radius 2 is 2.00 bits per heavy atom. The Morgan fingerprint density at radius 3 is 2.62 bits per heavy atom. The van der Waals surface area contributed by atoms with Crippen molar-refractivity contribution in [2.45, 2.75) is 31.4 Å². The standard InChI is InChI=1S/C12H14F3N/c13-12(14,15)11(7-16)10-6-2-4-8-3-1-5-9(8)10/h2,4,6,11H,1,3,5,7,16H2. The van der Waals surface area contributed by atoms with Crippen molar-refractivity contribution in [3.63, 3.8) is 0 Å². The molecule has 88 valence electrons. The molecule has 0 aromatic heterocycles. The largest absolute Gasteiger partial charge is 0.396 e. The number of rotatable bonds is 2. The lowest BCUT2D eigenvalue weighted by atomic mass is 9.91. The van der Waals surface area contributed by atoms with Gasteiger partial charge in [-0.25, -0.2) is 0 Å². The minimum Gasteiger partial charge on any atom is -0.330 e. The topological polar surface area (TPSA) is 26.0 Å². The highest BCUT2D eigenvalue weighted by molar-refractivity contribution is 5.41. The summed E-state index contributed by atoms with van der Waals surface area (Å²) >= 11 is 0. The minimum absolute atomic E-state index is 0.375. The maximum atomic E-state index is 12.8. The third kappa shape index (κ3) is 1.94. The Kier molecular flexibility index (Phi) is 2.93. The minimum atomic E-state index is -4.24. The first-order chi connectivity index (χ1) is 7.54. The third-order valence-electron chi connectivity index (χ3n) is 3.19. The van der Waals surface area contributed by atoms with Crippen LogP contribution in [0.15, 0.2) is 18.2 Å². The molecular formula is C12H14F3N. The highest BCUT2D eigenvalue weighted by Crippen LogP contribution is 2.38. The molecule has 0 amide bonds. The molecule has 0 heterocycles. The first kappa shape index (κ1) is 11.5. The van der Waals surface area contributed by atoms with Crippen molar-refractivity contribution in [3.05, 3.63) is 34.9 Å². The molecule has 0 bridgehead atoms. The number of fused-ring (bicyclic) bond motifs is 1. The summed E-state index contributed by atoms with van der Waals surface area (Å²) in [5.41, 5.74) is 7.57. The van der Waals surface area contributed by atoms with Crippen LogP contribution in [0, 0.1) is 0 Å². The van der Waals surface area contributed by atoms with Gasteiger partial charge in [-0.2, -0.15) is 13.2 Å². The Bertz CT molecular complexity index is 384. The summed E-state index contributed by atoms with van der Waals surface area (Å²) in [6, 6.07) is 5.18. The number of halogens is 3. The van der Waals surface area contributed by atoms with Gasteiger partial charge in [0, 0.05) is 6.54 Å². The van der Waals surface area contributed by atoms with Gasteiger partial charge in [0.25, 0.3) is 0 Å². The van der Waals surface area contributed by atoms with E-state index in [1.165, 1.54) is 0 Å². The van der Waals surface area contributed by atoms with E-state index >= 15 is 0 Å². The summed E-state index contributed by atoms with van der Waals surface area (Å²) in [5, 5.41) is 0. The van der Waals surface area contributed by atoms with Crippen LogP contribution >= 0.6 is 0 Å². The second-order valence-electron chi connectivity index (χ2n) is 4.17. The van der Waals surface area contributed by atoms with Gasteiger partial charge in [0.2, 0.25) is 0 Å². The van der Waals surface area contributed by atoms with E-state index in [1.54, 1.807) is 12.1 Å². The van der Waals surface area contributed by atoms with E-state index in [0.717, 1.165) is 30.4 Å². The molecule has 1 aliphatic rings. The maximum Gasteiger partial charge on any atom is 0.396 e. The fourth-order valence-electron chi connectivity index (χ4n) is 2.41. The van der Waals surface area contributed by atoms with Crippen molar-refractivity contribution in [1.82, 2.24) is 0 Å². The van der Waals surface area contributed by atoms with Crippen molar-refractivity contribution < 1.29 is 13.2 Å². The molecule has 1 aromatic rings. The second kappa shape index (κ2) is 4.09. The zero-order chi connectivity index (χ0) is 11.8. The van der Waals surface area contributed by atoms with Crippen molar-refractivity contribution in [3.8, 4) is 0 Å². The van der Waals surface area contributed by atoms with Crippen LogP contribution in [0.1, 0.15) is 29.0 Å². The summed E-state index contributed by atoms with van der Waals surface area (Å²) in [6.07, 6.45) is -1.66.